The Bertz CT molecular complexity index is 526. The summed E-state index contributed by atoms with van der Waals surface area (Å²) in [5, 5.41) is 3.32. The molecule has 0 amide bonds. The third-order valence-electron chi connectivity index (χ3n) is 3.33. The van der Waals surface area contributed by atoms with E-state index in [1.807, 2.05) is 25.4 Å². The number of rotatable bonds is 7. The van der Waals surface area contributed by atoms with Crippen molar-refractivity contribution in [1.82, 2.24) is 15.3 Å². The number of ether oxygens (including phenoxy) is 2. The maximum atomic E-state index is 5.33. The highest BCUT2D eigenvalue weighted by Gasteiger charge is 2.12. The summed E-state index contributed by atoms with van der Waals surface area (Å²) in [4.78, 5) is 7.40. The van der Waals surface area contributed by atoms with Crippen LogP contribution in [0.1, 0.15) is 11.4 Å². The molecule has 20 heavy (non-hydrogen) atoms. The zero-order valence-electron chi connectivity index (χ0n) is 12.1. The highest BCUT2D eigenvalue weighted by atomic mass is 16.5. The Hall–Kier alpha value is -2.01. The van der Waals surface area contributed by atoms with Gasteiger partial charge in [0.2, 0.25) is 0 Å². The Labute approximate surface area is 119 Å². The second kappa shape index (κ2) is 6.96. The summed E-state index contributed by atoms with van der Waals surface area (Å²) >= 11 is 0. The van der Waals surface area contributed by atoms with Gasteiger partial charge >= 0.3 is 0 Å². The molecule has 5 nitrogen and oxygen atoms in total. The first-order valence-electron chi connectivity index (χ1n) is 6.63. The van der Waals surface area contributed by atoms with Gasteiger partial charge in [-0.05, 0) is 31.2 Å². The van der Waals surface area contributed by atoms with E-state index < -0.39 is 0 Å². The van der Waals surface area contributed by atoms with E-state index in [4.69, 9.17) is 9.47 Å². The van der Waals surface area contributed by atoms with Crippen LogP contribution in [0.3, 0.4) is 0 Å². The fraction of sp³-hybridized carbons (Fsp3) is 0.400. The average molecular weight is 275 g/mol. The molecule has 0 bridgehead atoms. The first-order chi connectivity index (χ1) is 9.76. The Kier molecular flexibility index (Phi) is 5.01. The van der Waals surface area contributed by atoms with Crippen LogP contribution in [0.25, 0.3) is 0 Å². The van der Waals surface area contributed by atoms with Crippen LogP contribution < -0.4 is 14.8 Å². The van der Waals surface area contributed by atoms with E-state index in [1.165, 1.54) is 5.56 Å². The van der Waals surface area contributed by atoms with Crippen molar-refractivity contribution in [1.29, 1.82) is 0 Å². The molecular weight excluding hydrogens is 254 g/mol. The molecule has 1 aromatic carbocycles. The number of H-pyrrole nitrogens is 1. The van der Waals surface area contributed by atoms with Crippen molar-refractivity contribution in [2.45, 2.75) is 18.9 Å². The summed E-state index contributed by atoms with van der Waals surface area (Å²) in [6.45, 7) is 0. The first-order valence-corrected chi connectivity index (χ1v) is 6.63. The van der Waals surface area contributed by atoms with Crippen molar-refractivity contribution in [3.63, 3.8) is 0 Å². The van der Waals surface area contributed by atoms with E-state index in [0.29, 0.717) is 6.04 Å². The van der Waals surface area contributed by atoms with Crippen LogP contribution >= 0.6 is 0 Å². The summed E-state index contributed by atoms with van der Waals surface area (Å²) < 4.78 is 10.6. The van der Waals surface area contributed by atoms with Crippen molar-refractivity contribution >= 4 is 0 Å². The molecule has 1 unspecified atom stereocenters. The molecule has 0 aliphatic rings. The number of methoxy groups -OCH3 is 2. The number of hydrogen-bond acceptors (Lipinski definition) is 4. The standard InChI is InChI=1S/C15H21N3O2/c1-16-12(10-15-17-6-7-18-15)8-11-4-5-13(19-2)14(9-11)20-3/h4-7,9,12,16H,8,10H2,1-3H3,(H,17,18). The molecule has 0 saturated carbocycles. The van der Waals surface area contributed by atoms with Crippen molar-refractivity contribution in [2.24, 2.45) is 0 Å². The van der Waals surface area contributed by atoms with Gasteiger partial charge in [-0.3, -0.25) is 0 Å². The minimum absolute atomic E-state index is 0.319. The molecular formula is C15H21N3O2. The second-order valence-electron chi connectivity index (χ2n) is 4.62. The van der Waals surface area contributed by atoms with E-state index >= 15 is 0 Å². The number of hydrogen-bond donors (Lipinski definition) is 2. The third kappa shape index (κ3) is 3.51. The topological polar surface area (TPSA) is 59.2 Å². The molecule has 0 aliphatic heterocycles. The van der Waals surface area contributed by atoms with Crippen LogP contribution in [-0.4, -0.2) is 37.3 Å². The normalized spacial score (nSPS) is 12.2. The highest BCUT2D eigenvalue weighted by Crippen LogP contribution is 2.28. The molecule has 2 N–H and O–H groups in total. The summed E-state index contributed by atoms with van der Waals surface area (Å²) in [7, 11) is 5.26. The van der Waals surface area contributed by atoms with Gasteiger partial charge in [-0.2, -0.15) is 0 Å². The molecule has 0 radical (unpaired) electrons. The van der Waals surface area contributed by atoms with Crippen molar-refractivity contribution in [3.8, 4) is 11.5 Å². The van der Waals surface area contributed by atoms with Crippen LogP contribution in [0.5, 0.6) is 11.5 Å². The SMILES string of the molecule is CNC(Cc1ccc(OC)c(OC)c1)Cc1ncc[nH]1. The van der Waals surface area contributed by atoms with Gasteiger partial charge in [0.1, 0.15) is 5.82 Å². The largest absolute Gasteiger partial charge is 0.493 e. The van der Waals surface area contributed by atoms with Gasteiger partial charge in [0, 0.05) is 24.9 Å². The lowest BCUT2D eigenvalue weighted by Gasteiger charge is -2.16. The number of aromatic amines is 1. The summed E-state index contributed by atoms with van der Waals surface area (Å²) in [5.74, 6) is 2.51. The molecule has 0 aliphatic carbocycles. The summed E-state index contributed by atoms with van der Waals surface area (Å²) in [6, 6.07) is 6.34. The van der Waals surface area contributed by atoms with Gasteiger partial charge in [-0.1, -0.05) is 6.07 Å². The third-order valence-corrected chi connectivity index (χ3v) is 3.33. The van der Waals surface area contributed by atoms with Gasteiger partial charge in [0.05, 0.1) is 14.2 Å². The minimum atomic E-state index is 0.319. The summed E-state index contributed by atoms with van der Waals surface area (Å²) in [6.07, 6.45) is 5.38. The monoisotopic (exact) mass is 275 g/mol. The second-order valence-corrected chi connectivity index (χ2v) is 4.62. The zero-order chi connectivity index (χ0) is 14.4. The van der Waals surface area contributed by atoms with Gasteiger partial charge in [0.25, 0.3) is 0 Å². The lowest BCUT2D eigenvalue weighted by molar-refractivity contribution is 0.354. The van der Waals surface area contributed by atoms with E-state index in [9.17, 15) is 0 Å². The lowest BCUT2D eigenvalue weighted by Crippen LogP contribution is -2.30. The maximum Gasteiger partial charge on any atom is 0.160 e. The smallest absolute Gasteiger partial charge is 0.160 e. The highest BCUT2D eigenvalue weighted by molar-refractivity contribution is 5.43. The fourth-order valence-electron chi connectivity index (χ4n) is 2.21. The van der Waals surface area contributed by atoms with Crippen LogP contribution in [0.15, 0.2) is 30.6 Å². The first kappa shape index (κ1) is 14.4. The van der Waals surface area contributed by atoms with Crippen LogP contribution in [0.4, 0.5) is 0 Å². The van der Waals surface area contributed by atoms with Crippen molar-refractivity contribution in [3.05, 3.63) is 42.0 Å². The fourth-order valence-corrected chi connectivity index (χ4v) is 2.21. The molecule has 108 valence electrons. The zero-order valence-corrected chi connectivity index (χ0v) is 12.1. The molecule has 0 fully saturated rings. The Balaban J connectivity index is 2.07. The Morgan fingerprint density at radius 2 is 2.00 bits per heavy atom. The van der Waals surface area contributed by atoms with E-state index in [2.05, 4.69) is 21.4 Å². The van der Waals surface area contributed by atoms with Crippen LogP contribution in [0, 0.1) is 0 Å². The van der Waals surface area contributed by atoms with Crippen LogP contribution in [0.2, 0.25) is 0 Å². The van der Waals surface area contributed by atoms with E-state index in [1.54, 1.807) is 20.4 Å². The van der Waals surface area contributed by atoms with E-state index in [-0.39, 0.29) is 0 Å². The number of likely N-dealkylation sites (N-methyl/N-ethyl adjacent to an activating group) is 1. The molecule has 5 heteroatoms. The molecule has 2 rings (SSSR count). The van der Waals surface area contributed by atoms with Crippen LogP contribution in [-0.2, 0) is 12.8 Å². The van der Waals surface area contributed by atoms with Crippen molar-refractivity contribution < 1.29 is 9.47 Å². The molecule has 1 heterocycles. The summed E-state index contributed by atoms with van der Waals surface area (Å²) in [5.41, 5.74) is 1.20. The molecule has 1 atom stereocenters. The Morgan fingerprint density at radius 1 is 1.20 bits per heavy atom. The number of imidazole rings is 1. The lowest BCUT2D eigenvalue weighted by atomic mass is 10.0. The number of nitrogens with one attached hydrogen (secondary N) is 2. The predicted octanol–water partition coefficient (Wildman–Crippen LogP) is 1.80. The molecule has 0 spiro atoms. The quantitative estimate of drug-likeness (QED) is 0.809. The average Bonchev–Trinajstić information content (AvgIpc) is 2.99. The van der Waals surface area contributed by atoms with E-state index in [0.717, 1.165) is 30.2 Å². The minimum Gasteiger partial charge on any atom is -0.493 e. The number of nitrogens with zero attached hydrogens (tertiary/aromatic N) is 1. The molecule has 2 aromatic rings. The van der Waals surface area contributed by atoms with Gasteiger partial charge in [-0.25, -0.2) is 4.98 Å². The Morgan fingerprint density at radius 3 is 2.60 bits per heavy atom. The van der Waals surface area contributed by atoms with Gasteiger partial charge in [-0.15, -0.1) is 0 Å². The van der Waals surface area contributed by atoms with Gasteiger partial charge < -0.3 is 19.8 Å². The van der Waals surface area contributed by atoms with Crippen molar-refractivity contribution in [2.75, 3.05) is 21.3 Å². The van der Waals surface area contributed by atoms with Gasteiger partial charge in [0.15, 0.2) is 11.5 Å². The molecule has 0 saturated heterocycles. The number of benzene rings is 1. The number of aromatic nitrogens is 2. The maximum absolute atomic E-state index is 5.33. The predicted molar refractivity (Wildman–Crippen MR) is 78.4 cm³/mol. The molecule has 1 aromatic heterocycles.